The first-order valence-electron chi connectivity index (χ1n) is 4.35. The molecule has 0 spiro atoms. The molecule has 0 amide bonds. The van der Waals surface area contributed by atoms with E-state index in [1.807, 2.05) is 0 Å². The maximum Gasteiger partial charge on any atom is 0.119 e. The lowest BCUT2D eigenvalue weighted by molar-refractivity contribution is 0.210. The van der Waals surface area contributed by atoms with Crippen LogP contribution >= 0.6 is 0 Å². The molecule has 0 fully saturated rings. The van der Waals surface area contributed by atoms with E-state index in [0.717, 1.165) is 0 Å². The first kappa shape index (κ1) is 10.8. The molecule has 4 nitrogen and oxygen atoms in total. The van der Waals surface area contributed by atoms with Crippen molar-refractivity contribution in [2.24, 2.45) is 5.73 Å². The highest BCUT2D eigenvalue weighted by atomic mass is 16.5. The van der Waals surface area contributed by atoms with Gasteiger partial charge in [0, 0.05) is 11.3 Å². The SMILES string of the molecule is COc1ccc(N)c(C(C)(N)CO)c1. The third-order valence-electron chi connectivity index (χ3n) is 2.20. The Morgan fingerprint density at radius 2 is 2.14 bits per heavy atom. The van der Waals surface area contributed by atoms with Crippen molar-refractivity contribution in [2.45, 2.75) is 12.5 Å². The molecule has 78 valence electrons. The topological polar surface area (TPSA) is 81.5 Å². The van der Waals surface area contributed by atoms with Crippen molar-refractivity contribution in [3.63, 3.8) is 0 Å². The van der Waals surface area contributed by atoms with E-state index in [1.54, 1.807) is 32.2 Å². The molecule has 1 rings (SSSR count). The number of aliphatic hydroxyl groups is 1. The average molecular weight is 196 g/mol. The Kier molecular flexibility index (Phi) is 2.98. The van der Waals surface area contributed by atoms with Gasteiger partial charge in [-0.3, -0.25) is 0 Å². The van der Waals surface area contributed by atoms with E-state index >= 15 is 0 Å². The molecule has 0 heterocycles. The molecule has 0 radical (unpaired) electrons. The fourth-order valence-electron chi connectivity index (χ4n) is 1.24. The molecule has 0 saturated carbocycles. The third-order valence-corrected chi connectivity index (χ3v) is 2.20. The van der Waals surface area contributed by atoms with Gasteiger partial charge in [-0.05, 0) is 25.1 Å². The summed E-state index contributed by atoms with van der Waals surface area (Å²) in [5.41, 5.74) is 12.1. The summed E-state index contributed by atoms with van der Waals surface area (Å²) >= 11 is 0. The Morgan fingerprint density at radius 1 is 1.50 bits per heavy atom. The van der Waals surface area contributed by atoms with Crippen molar-refractivity contribution in [1.82, 2.24) is 0 Å². The van der Waals surface area contributed by atoms with Gasteiger partial charge < -0.3 is 21.3 Å². The van der Waals surface area contributed by atoms with Crippen molar-refractivity contribution in [1.29, 1.82) is 0 Å². The zero-order valence-electron chi connectivity index (χ0n) is 8.45. The molecular weight excluding hydrogens is 180 g/mol. The second-order valence-electron chi connectivity index (χ2n) is 3.53. The van der Waals surface area contributed by atoms with Crippen LogP contribution in [0.4, 0.5) is 5.69 Å². The van der Waals surface area contributed by atoms with Crippen LogP contribution in [0, 0.1) is 0 Å². The molecule has 1 aromatic rings. The Hall–Kier alpha value is -1.26. The fourth-order valence-corrected chi connectivity index (χ4v) is 1.24. The summed E-state index contributed by atoms with van der Waals surface area (Å²) in [6.45, 7) is 1.56. The van der Waals surface area contributed by atoms with Gasteiger partial charge in [-0.2, -0.15) is 0 Å². The number of anilines is 1. The normalized spacial score (nSPS) is 14.9. The minimum absolute atomic E-state index is 0.162. The first-order chi connectivity index (χ1) is 6.51. The molecule has 0 aliphatic carbocycles. The van der Waals surface area contributed by atoms with Gasteiger partial charge in [0.1, 0.15) is 5.75 Å². The lowest BCUT2D eigenvalue weighted by Gasteiger charge is -2.24. The predicted octanol–water partition coefficient (Wildman–Crippen LogP) is 0.444. The minimum atomic E-state index is -0.835. The molecule has 0 bridgehead atoms. The molecule has 0 saturated heterocycles. The van der Waals surface area contributed by atoms with Crippen LogP contribution in [0.1, 0.15) is 12.5 Å². The largest absolute Gasteiger partial charge is 0.497 e. The second kappa shape index (κ2) is 3.86. The van der Waals surface area contributed by atoms with Crippen LogP contribution in [-0.4, -0.2) is 18.8 Å². The number of nitrogen functional groups attached to an aromatic ring is 1. The maximum atomic E-state index is 9.11. The molecule has 0 aromatic heterocycles. The van der Waals surface area contributed by atoms with Crippen LogP contribution in [0.25, 0.3) is 0 Å². The van der Waals surface area contributed by atoms with Gasteiger partial charge in [0.2, 0.25) is 0 Å². The van der Waals surface area contributed by atoms with Crippen molar-refractivity contribution in [3.8, 4) is 5.75 Å². The lowest BCUT2D eigenvalue weighted by atomic mass is 9.92. The summed E-state index contributed by atoms with van der Waals surface area (Å²) in [7, 11) is 1.57. The number of ether oxygens (including phenoxy) is 1. The van der Waals surface area contributed by atoms with Crippen molar-refractivity contribution >= 4 is 5.69 Å². The summed E-state index contributed by atoms with van der Waals surface area (Å²) in [5, 5.41) is 9.11. The second-order valence-corrected chi connectivity index (χ2v) is 3.53. The Bertz CT molecular complexity index is 324. The van der Waals surface area contributed by atoms with E-state index in [-0.39, 0.29) is 6.61 Å². The molecule has 1 unspecified atom stereocenters. The summed E-state index contributed by atoms with van der Waals surface area (Å²) in [4.78, 5) is 0. The van der Waals surface area contributed by atoms with Crippen LogP contribution in [0.5, 0.6) is 5.75 Å². The number of hydrogen-bond acceptors (Lipinski definition) is 4. The summed E-state index contributed by atoms with van der Waals surface area (Å²) in [6, 6.07) is 5.22. The predicted molar refractivity (Wildman–Crippen MR) is 56.0 cm³/mol. The van der Waals surface area contributed by atoms with Gasteiger partial charge in [0.05, 0.1) is 19.3 Å². The third kappa shape index (κ3) is 1.97. The first-order valence-corrected chi connectivity index (χ1v) is 4.35. The minimum Gasteiger partial charge on any atom is -0.497 e. The van der Waals surface area contributed by atoms with Crippen LogP contribution < -0.4 is 16.2 Å². The van der Waals surface area contributed by atoms with Crippen LogP contribution in [0.15, 0.2) is 18.2 Å². The number of methoxy groups -OCH3 is 1. The Morgan fingerprint density at radius 3 is 2.64 bits per heavy atom. The molecule has 4 heteroatoms. The maximum absolute atomic E-state index is 9.11. The molecule has 1 aromatic carbocycles. The van der Waals surface area contributed by atoms with Crippen LogP contribution in [-0.2, 0) is 5.54 Å². The summed E-state index contributed by atoms with van der Waals surface area (Å²) in [6.07, 6.45) is 0. The van der Waals surface area contributed by atoms with Gasteiger partial charge in [-0.1, -0.05) is 0 Å². The highest BCUT2D eigenvalue weighted by Crippen LogP contribution is 2.27. The number of rotatable bonds is 3. The van der Waals surface area contributed by atoms with Crippen molar-refractivity contribution < 1.29 is 9.84 Å². The number of benzene rings is 1. The quantitative estimate of drug-likeness (QED) is 0.613. The lowest BCUT2D eigenvalue weighted by Crippen LogP contribution is -2.37. The van der Waals surface area contributed by atoms with E-state index in [0.29, 0.717) is 17.0 Å². The number of hydrogen-bond donors (Lipinski definition) is 3. The zero-order chi connectivity index (χ0) is 10.8. The Labute approximate surface area is 83.5 Å². The highest BCUT2D eigenvalue weighted by molar-refractivity contribution is 5.53. The van der Waals surface area contributed by atoms with Crippen LogP contribution in [0.2, 0.25) is 0 Å². The van der Waals surface area contributed by atoms with Gasteiger partial charge in [0.15, 0.2) is 0 Å². The monoisotopic (exact) mass is 196 g/mol. The van der Waals surface area contributed by atoms with Crippen LogP contribution in [0.3, 0.4) is 0 Å². The standard InChI is InChI=1S/C10H16N2O2/c1-10(12,6-13)8-5-7(14-2)3-4-9(8)11/h3-5,13H,6,11-12H2,1-2H3. The average Bonchev–Trinajstić information content (AvgIpc) is 2.18. The highest BCUT2D eigenvalue weighted by Gasteiger charge is 2.23. The summed E-state index contributed by atoms with van der Waals surface area (Å²) < 4.78 is 5.06. The van der Waals surface area contributed by atoms with Gasteiger partial charge in [0.25, 0.3) is 0 Å². The summed E-state index contributed by atoms with van der Waals surface area (Å²) in [5.74, 6) is 0.680. The molecule has 1 atom stereocenters. The molecule has 5 N–H and O–H groups in total. The number of nitrogens with two attached hydrogens (primary N) is 2. The van der Waals surface area contributed by atoms with Gasteiger partial charge >= 0.3 is 0 Å². The van der Waals surface area contributed by atoms with Gasteiger partial charge in [-0.15, -0.1) is 0 Å². The van der Waals surface area contributed by atoms with Crippen molar-refractivity contribution in [2.75, 3.05) is 19.5 Å². The van der Waals surface area contributed by atoms with Crippen molar-refractivity contribution in [3.05, 3.63) is 23.8 Å². The molecule has 14 heavy (non-hydrogen) atoms. The van der Waals surface area contributed by atoms with Gasteiger partial charge in [-0.25, -0.2) is 0 Å². The molecule has 0 aliphatic heterocycles. The zero-order valence-corrected chi connectivity index (χ0v) is 8.45. The smallest absolute Gasteiger partial charge is 0.119 e. The van der Waals surface area contributed by atoms with E-state index in [9.17, 15) is 0 Å². The van der Waals surface area contributed by atoms with E-state index in [1.165, 1.54) is 0 Å². The van der Waals surface area contributed by atoms with E-state index in [2.05, 4.69) is 0 Å². The molecular formula is C10H16N2O2. The van der Waals surface area contributed by atoms with E-state index < -0.39 is 5.54 Å². The molecule has 0 aliphatic rings. The fraction of sp³-hybridized carbons (Fsp3) is 0.400. The Balaban J connectivity index is 3.18. The number of aliphatic hydroxyl groups excluding tert-OH is 1. The van der Waals surface area contributed by atoms with E-state index in [4.69, 9.17) is 21.3 Å².